The number of anilines is 1. The molecule has 1 N–H and O–H groups in total. The number of nitriles is 1. The normalized spacial score (nSPS) is 17.2. The lowest BCUT2D eigenvalue weighted by atomic mass is 9.93. The Morgan fingerprint density at radius 3 is 2.27 bits per heavy atom. The van der Waals surface area contributed by atoms with Crippen molar-refractivity contribution in [2.24, 2.45) is 0 Å². The number of carbonyl (C=O) groups is 2. The molecule has 0 bridgehead atoms. The van der Waals surface area contributed by atoms with E-state index in [4.69, 9.17) is 10.00 Å². The molecular formula is C27H22N2O4. The van der Waals surface area contributed by atoms with Crippen molar-refractivity contribution in [1.29, 1.82) is 5.26 Å². The summed E-state index contributed by atoms with van der Waals surface area (Å²) in [7, 11) is 1.55. The largest absolute Gasteiger partial charge is 0.507 e. The number of benzene rings is 3. The van der Waals surface area contributed by atoms with E-state index in [1.54, 1.807) is 61.7 Å². The maximum Gasteiger partial charge on any atom is 0.300 e. The lowest BCUT2D eigenvalue weighted by Gasteiger charge is -2.25. The Labute approximate surface area is 192 Å². The van der Waals surface area contributed by atoms with Gasteiger partial charge in [0.2, 0.25) is 0 Å². The van der Waals surface area contributed by atoms with Crippen molar-refractivity contribution in [3.8, 4) is 11.8 Å². The second kappa shape index (κ2) is 8.64. The first-order valence-corrected chi connectivity index (χ1v) is 10.4. The third kappa shape index (κ3) is 3.85. The molecule has 1 fully saturated rings. The number of aliphatic hydroxyl groups is 1. The number of amides is 1. The second-order valence-corrected chi connectivity index (χ2v) is 7.92. The molecule has 0 aliphatic carbocycles. The average molecular weight is 438 g/mol. The van der Waals surface area contributed by atoms with Crippen molar-refractivity contribution in [3.05, 3.63) is 100 Å². The van der Waals surface area contributed by atoms with Crippen LogP contribution >= 0.6 is 0 Å². The molecule has 1 unspecified atom stereocenters. The van der Waals surface area contributed by atoms with Gasteiger partial charge >= 0.3 is 0 Å². The molecule has 1 amide bonds. The van der Waals surface area contributed by atoms with E-state index in [9.17, 15) is 14.7 Å². The number of Topliss-reactive ketones (excluding diaryl/α,β-unsaturated/α-hetero) is 1. The Balaban J connectivity index is 1.95. The second-order valence-electron chi connectivity index (χ2n) is 7.92. The van der Waals surface area contributed by atoms with Crippen LogP contribution in [0.1, 0.15) is 33.9 Å². The summed E-state index contributed by atoms with van der Waals surface area (Å²) < 4.78 is 5.24. The van der Waals surface area contributed by atoms with Crippen LogP contribution in [0.4, 0.5) is 5.69 Å². The predicted molar refractivity (Wildman–Crippen MR) is 125 cm³/mol. The van der Waals surface area contributed by atoms with Gasteiger partial charge in [0.15, 0.2) is 0 Å². The van der Waals surface area contributed by atoms with Crippen molar-refractivity contribution in [3.63, 3.8) is 0 Å². The molecule has 33 heavy (non-hydrogen) atoms. The molecule has 0 saturated carbocycles. The number of carbonyl (C=O) groups excluding carboxylic acids is 2. The van der Waals surface area contributed by atoms with Gasteiger partial charge in [-0.1, -0.05) is 29.8 Å². The molecule has 3 aromatic rings. The summed E-state index contributed by atoms with van der Waals surface area (Å²) in [4.78, 5) is 27.8. The van der Waals surface area contributed by atoms with Crippen LogP contribution in [0.2, 0.25) is 0 Å². The zero-order chi connectivity index (χ0) is 23.7. The quantitative estimate of drug-likeness (QED) is 0.359. The molecular weight excluding hydrogens is 416 g/mol. The van der Waals surface area contributed by atoms with Gasteiger partial charge in [-0.05, 0) is 67.4 Å². The fourth-order valence-electron chi connectivity index (χ4n) is 4.03. The molecule has 6 heteroatoms. The first kappa shape index (κ1) is 21.8. The molecule has 0 spiro atoms. The zero-order valence-electron chi connectivity index (χ0n) is 18.5. The van der Waals surface area contributed by atoms with Crippen LogP contribution in [0.5, 0.6) is 5.75 Å². The number of aliphatic hydroxyl groups excluding tert-OH is 1. The van der Waals surface area contributed by atoms with Crippen LogP contribution in [-0.4, -0.2) is 23.9 Å². The number of ketones is 1. The van der Waals surface area contributed by atoms with Crippen LogP contribution in [-0.2, 0) is 9.59 Å². The van der Waals surface area contributed by atoms with Crippen LogP contribution in [0.3, 0.4) is 0 Å². The SMILES string of the molecule is COc1ccc(C2/C(=C(\O)c3cc(C)ccc3C)C(=O)C(=O)N2c2ccc(C#N)cc2)cc1. The molecule has 1 atom stereocenters. The first-order chi connectivity index (χ1) is 15.8. The van der Waals surface area contributed by atoms with E-state index in [-0.39, 0.29) is 11.3 Å². The van der Waals surface area contributed by atoms with E-state index in [0.717, 1.165) is 11.1 Å². The van der Waals surface area contributed by atoms with E-state index in [1.807, 2.05) is 32.0 Å². The third-order valence-electron chi connectivity index (χ3n) is 5.80. The zero-order valence-corrected chi connectivity index (χ0v) is 18.5. The van der Waals surface area contributed by atoms with Gasteiger partial charge in [0, 0.05) is 11.3 Å². The van der Waals surface area contributed by atoms with Crippen LogP contribution < -0.4 is 9.64 Å². The van der Waals surface area contributed by atoms with Gasteiger partial charge in [-0.2, -0.15) is 5.26 Å². The molecule has 1 saturated heterocycles. The topological polar surface area (TPSA) is 90.6 Å². The monoisotopic (exact) mass is 438 g/mol. The molecule has 4 rings (SSSR count). The maximum atomic E-state index is 13.2. The summed E-state index contributed by atoms with van der Waals surface area (Å²) >= 11 is 0. The van der Waals surface area contributed by atoms with E-state index in [0.29, 0.717) is 28.1 Å². The lowest BCUT2D eigenvalue weighted by molar-refractivity contribution is -0.132. The highest BCUT2D eigenvalue weighted by Gasteiger charge is 2.47. The summed E-state index contributed by atoms with van der Waals surface area (Å²) in [5, 5.41) is 20.4. The highest BCUT2D eigenvalue weighted by molar-refractivity contribution is 6.51. The fourth-order valence-corrected chi connectivity index (χ4v) is 4.03. The summed E-state index contributed by atoms with van der Waals surface area (Å²) in [6.45, 7) is 3.74. The van der Waals surface area contributed by atoms with E-state index < -0.39 is 17.7 Å². The van der Waals surface area contributed by atoms with Gasteiger partial charge in [-0.25, -0.2) is 0 Å². The number of nitrogens with zero attached hydrogens (tertiary/aromatic N) is 2. The van der Waals surface area contributed by atoms with Crippen molar-refractivity contribution in [2.45, 2.75) is 19.9 Å². The number of ether oxygens (including phenoxy) is 1. The molecule has 3 aromatic carbocycles. The molecule has 6 nitrogen and oxygen atoms in total. The van der Waals surface area contributed by atoms with Crippen molar-refractivity contribution >= 4 is 23.1 Å². The van der Waals surface area contributed by atoms with Crippen LogP contribution in [0.25, 0.3) is 5.76 Å². The Morgan fingerprint density at radius 1 is 1.00 bits per heavy atom. The molecule has 164 valence electrons. The molecule has 0 radical (unpaired) electrons. The summed E-state index contributed by atoms with van der Waals surface area (Å²) in [5.74, 6) is -1.10. The minimum Gasteiger partial charge on any atom is -0.507 e. The number of methoxy groups -OCH3 is 1. The van der Waals surface area contributed by atoms with Crippen LogP contribution in [0.15, 0.2) is 72.3 Å². The molecule has 1 aliphatic heterocycles. The van der Waals surface area contributed by atoms with Gasteiger partial charge in [0.1, 0.15) is 11.5 Å². The van der Waals surface area contributed by atoms with E-state index in [2.05, 4.69) is 0 Å². The first-order valence-electron chi connectivity index (χ1n) is 10.4. The van der Waals surface area contributed by atoms with Gasteiger partial charge < -0.3 is 9.84 Å². The van der Waals surface area contributed by atoms with Crippen LogP contribution in [0, 0.1) is 25.2 Å². The summed E-state index contributed by atoms with van der Waals surface area (Å²) in [6, 6.07) is 20.2. The fraction of sp³-hybridized carbons (Fsp3) is 0.148. The van der Waals surface area contributed by atoms with E-state index >= 15 is 0 Å². The highest BCUT2D eigenvalue weighted by atomic mass is 16.5. The number of hydrogen-bond donors (Lipinski definition) is 1. The number of aryl methyl sites for hydroxylation is 2. The average Bonchev–Trinajstić information content (AvgIpc) is 3.10. The number of rotatable bonds is 4. The van der Waals surface area contributed by atoms with Gasteiger partial charge in [0.25, 0.3) is 11.7 Å². The molecule has 1 aliphatic rings. The van der Waals surface area contributed by atoms with Gasteiger partial charge in [-0.15, -0.1) is 0 Å². The minimum atomic E-state index is -0.844. The van der Waals surface area contributed by atoms with Gasteiger partial charge in [0.05, 0.1) is 30.4 Å². The Kier molecular flexibility index (Phi) is 5.72. The third-order valence-corrected chi connectivity index (χ3v) is 5.80. The van der Waals surface area contributed by atoms with Crippen molar-refractivity contribution < 1.29 is 19.4 Å². The summed E-state index contributed by atoms with van der Waals surface area (Å²) in [6.07, 6.45) is 0. The Morgan fingerprint density at radius 2 is 1.67 bits per heavy atom. The number of hydrogen-bond acceptors (Lipinski definition) is 5. The van der Waals surface area contributed by atoms with Crippen molar-refractivity contribution in [2.75, 3.05) is 12.0 Å². The maximum absolute atomic E-state index is 13.2. The molecule has 1 heterocycles. The standard InChI is InChI=1S/C27H22N2O4/c1-16-4-5-17(2)22(14-16)25(30)23-24(19-8-12-21(33-3)13-9-19)29(27(32)26(23)31)20-10-6-18(15-28)7-11-20/h4-14,24,30H,1-3H3/b25-23+. The van der Waals surface area contributed by atoms with Gasteiger partial charge in [-0.3, -0.25) is 14.5 Å². The van der Waals surface area contributed by atoms with E-state index in [1.165, 1.54) is 4.90 Å². The van der Waals surface area contributed by atoms with Crippen molar-refractivity contribution in [1.82, 2.24) is 0 Å². The lowest BCUT2D eigenvalue weighted by Crippen LogP contribution is -2.29. The predicted octanol–water partition coefficient (Wildman–Crippen LogP) is 4.81. The minimum absolute atomic E-state index is 0.0169. The highest BCUT2D eigenvalue weighted by Crippen LogP contribution is 2.42. The smallest absolute Gasteiger partial charge is 0.300 e. The Bertz CT molecular complexity index is 1320. The Hall–Kier alpha value is -4.37. The summed E-state index contributed by atoms with van der Waals surface area (Å²) in [5.41, 5.74) is 3.77. The molecule has 0 aromatic heterocycles.